The number of carbonyl (C=O) groups is 1. The zero-order valence-corrected chi connectivity index (χ0v) is 19.5. The van der Waals surface area contributed by atoms with Crippen molar-refractivity contribution in [2.75, 3.05) is 5.32 Å². The Morgan fingerprint density at radius 1 is 1.00 bits per heavy atom. The lowest BCUT2D eigenvalue weighted by Crippen LogP contribution is -2.47. The average molecular weight is 459 g/mol. The van der Waals surface area contributed by atoms with Crippen LogP contribution in [0.25, 0.3) is 10.6 Å². The first-order chi connectivity index (χ1) is 14.7. The van der Waals surface area contributed by atoms with E-state index in [-0.39, 0.29) is 10.8 Å². The molecule has 0 fully saturated rings. The highest BCUT2D eigenvalue weighted by Gasteiger charge is 2.30. The van der Waals surface area contributed by atoms with Gasteiger partial charge in [-0.1, -0.05) is 79.1 Å². The number of anilines is 1. The van der Waals surface area contributed by atoms with Gasteiger partial charge in [-0.05, 0) is 31.9 Å². The second kappa shape index (κ2) is 9.67. The van der Waals surface area contributed by atoms with E-state index in [1.165, 1.54) is 23.5 Å². The summed E-state index contributed by atoms with van der Waals surface area (Å²) in [7, 11) is -3.85. The van der Waals surface area contributed by atoms with Crippen molar-refractivity contribution in [2.45, 2.75) is 45.1 Å². The monoisotopic (exact) mass is 458 g/mol. The molecule has 164 valence electrons. The first-order valence-corrected chi connectivity index (χ1v) is 12.3. The number of nitrogens with zero attached hydrogens (tertiary/aromatic N) is 2. The van der Waals surface area contributed by atoms with Gasteiger partial charge in [0.25, 0.3) is 0 Å². The number of aromatic nitrogens is 2. The number of carbonyl (C=O) groups excluding carboxylic acids is 1. The van der Waals surface area contributed by atoms with Gasteiger partial charge >= 0.3 is 0 Å². The minimum Gasteiger partial charge on any atom is -0.299 e. The normalized spacial score (nSPS) is 13.5. The zero-order chi connectivity index (χ0) is 22.6. The topological polar surface area (TPSA) is 101 Å². The third-order valence-corrected chi connectivity index (χ3v) is 7.41. The third-order valence-electron chi connectivity index (χ3n) is 5.06. The predicted molar refractivity (Wildman–Crippen MR) is 123 cm³/mol. The van der Waals surface area contributed by atoms with E-state index in [9.17, 15) is 13.2 Å². The molecule has 9 heteroatoms. The van der Waals surface area contributed by atoms with E-state index in [0.717, 1.165) is 16.7 Å². The molecule has 0 bridgehead atoms. The van der Waals surface area contributed by atoms with Crippen molar-refractivity contribution in [3.05, 3.63) is 59.7 Å². The van der Waals surface area contributed by atoms with Crippen LogP contribution >= 0.6 is 11.3 Å². The lowest BCUT2D eigenvalue weighted by atomic mass is 9.99. The van der Waals surface area contributed by atoms with Gasteiger partial charge in [0.15, 0.2) is 0 Å². The number of hydrogen-bond donors (Lipinski definition) is 2. The van der Waals surface area contributed by atoms with Crippen molar-refractivity contribution in [3.8, 4) is 10.6 Å². The van der Waals surface area contributed by atoms with Crippen LogP contribution in [0.5, 0.6) is 0 Å². The summed E-state index contributed by atoms with van der Waals surface area (Å²) in [5, 5.41) is 11.9. The molecule has 0 aliphatic carbocycles. The number of aryl methyl sites for hydroxylation is 2. The van der Waals surface area contributed by atoms with Crippen molar-refractivity contribution < 1.29 is 13.2 Å². The Kier molecular flexibility index (Phi) is 7.19. The summed E-state index contributed by atoms with van der Waals surface area (Å²) < 4.78 is 28.2. The molecule has 1 amide bonds. The van der Waals surface area contributed by atoms with Crippen LogP contribution in [-0.2, 0) is 14.8 Å². The molecule has 0 aliphatic rings. The highest BCUT2D eigenvalue weighted by Crippen LogP contribution is 2.27. The molecule has 2 aromatic carbocycles. The van der Waals surface area contributed by atoms with Gasteiger partial charge in [-0.15, -0.1) is 10.2 Å². The summed E-state index contributed by atoms with van der Waals surface area (Å²) >= 11 is 1.24. The van der Waals surface area contributed by atoms with E-state index in [2.05, 4.69) is 20.2 Å². The molecule has 3 rings (SSSR count). The predicted octanol–water partition coefficient (Wildman–Crippen LogP) is 4.15. The molecule has 1 aromatic heterocycles. The maximum absolute atomic E-state index is 13.0. The van der Waals surface area contributed by atoms with Crippen molar-refractivity contribution in [3.63, 3.8) is 0 Å². The molecule has 2 atom stereocenters. The molecule has 2 unspecified atom stereocenters. The van der Waals surface area contributed by atoms with Gasteiger partial charge in [0.2, 0.25) is 21.1 Å². The smallest absolute Gasteiger partial charge is 0.244 e. The molecule has 1 heterocycles. The van der Waals surface area contributed by atoms with Crippen LogP contribution in [0.4, 0.5) is 5.13 Å². The fraction of sp³-hybridized carbons (Fsp3) is 0.318. The zero-order valence-electron chi connectivity index (χ0n) is 17.9. The average Bonchev–Trinajstić information content (AvgIpc) is 3.20. The Hall–Kier alpha value is -2.62. The lowest BCUT2D eigenvalue weighted by Gasteiger charge is -2.22. The molecule has 0 saturated carbocycles. The molecule has 31 heavy (non-hydrogen) atoms. The Bertz CT molecular complexity index is 1140. The van der Waals surface area contributed by atoms with Crippen LogP contribution in [0, 0.1) is 19.8 Å². The maximum atomic E-state index is 13.0. The minimum absolute atomic E-state index is 0.122. The summed E-state index contributed by atoms with van der Waals surface area (Å²) in [5.74, 6) is -0.679. The molecule has 0 spiro atoms. The van der Waals surface area contributed by atoms with Crippen molar-refractivity contribution in [2.24, 2.45) is 5.92 Å². The second-order valence-electron chi connectivity index (χ2n) is 7.57. The van der Waals surface area contributed by atoms with Gasteiger partial charge in [-0.25, -0.2) is 8.42 Å². The quantitative estimate of drug-likeness (QED) is 0.528. The highest BCUT2D eigenvalue weighted by molar-refractivity contribution is 7.89. The standard InChI is InChI=1S/C22H26N4O3S2/c1-5-16(4)19(26-31(28,29)18-12-8-15(3)9-13-18)20(27)23-22-25-24-21(30-22)17-10-6-14(2)7-11-17/h6-13,16,19,26H,5H2,1-4H3,(H,23,25,27). The number of hydrogen-bond acceptors (Lipinski definition) is 6. The first kappa shape index (κ1) is 23.1. The number of benzene rings is 2. The Morgan fingerprint density at radius 3 is 2.16 bits per heavy atom. The lowest BCUT2D eigenvalue weighted by molar-refractivity contribution is -0.118. The van der Waals surface area contributed by atoms with Gasteiger partial charge in [0.1, 0.15) is 11.0 Å². The van der Waals surface area contributed by atoms with Gasteiger partial charge in [-0.2, -0.15) is 4.72 Å². The number of rotatable bonds is 8. The van der Waals surface area contributed by atoms with Crippen LogP contribution in [0.1, 0.15) is 31.4 Å². The van der Waals surface area contributed by atoms with Crippen LogP contribution < -0.4 is 10.0 Å². The molecule has 3 aromatic rings. The molecular weight excluding hydrogens is 432 g/mol. The summed E-state index contributed by atoms with van der Waals surface area (Å²) in [6.07, 6.45) is 0.624. The highest BCUT2D eigenvalue weighted by atomic mass is 32.2. The largest absolute Gasteiger partial charge is 0.299 e. The van der Waals surface area contributed by atoms with Crippen molar-refractivity contribution >= 4 is 32.4 Å². The fourth-order valence-corrected chi connectivity index (χ4v) is 4.94. The van der Waals surface area contributed by atoms with E-state index in [0.29, 0.717) is 16.6 Å². The van der Waals surface area contributed by atoms with E-state index in [4.69, 9.17) is 0 Å². The molecule has 0 aliphatic heterocycles. The molecule has 7 nitrogen and oxygen atoms in total. The van der Waals surface area contributed by atoms with Crippen LogP contribution in [0.2, 0.25) is 0 Å². The number of sulfonamides is 1. The van der Waals surface area contributed by atoms with Gasteiger partial charge in [0.05, 0.1) is 4.90 Å². The third kappa shape index (κ3) is 5.75. The summed E-state index contributed by atoms with van der Waals surface area (Å²) in [6.45, 7) is 7.62. The van der Waals surface area contributed by atoms with E-state index in [1.54, 1.807) is 12.1 Å². The number of nitrogens with one attached hydrogen (secondary N) is 2. The van der Waals surface area contributed by atoms with E-state index < -0.39 is 22.0 Å². The molecular formula is C22H26N4O3S2. The first-order valence-electron chi connectivity index (χ1n) is 10.00. The Morgan fingerprint density at radius 2 is 1.58 bits per heavy atom. The van der Waals surface area contributed by atoms with Crippen LogP contribution in [-0.4, -0.2) is 30.6 Å². The van der Waals surface area contributed by atoms with Crippen LogP contribution in [0.3, 0.4) is 0 Å². The molecule has 0 radical (unpaired) electrons. The van der Waals surface area contributed by atoms with Crippen molar-refractivity contribution in [1.29, 1.82) is 0 Å². The van der Waals surface area contributed by atoms with Crippen molar-refractivity contribution in [1.82, 2.24) is 14.9 Å². The number of amides is 1. The van der Waals surface area contributed by atoms with Gasteiger partial charge in [-0.3, -0.25) is 10.1 Å². The summed E-state index contributed by atoms with van der Waals surface area (Å²) in [6, 6.07) is 13.4. The van der Waals surface area contributed by atoms with Crippen LogP contribution in [0.15, 0.2) is 53.4 Å². The summed E-state index contributed by atoms with van der Waals surface area (Å²) in [5.41, 5.74) is 3.00. The maximum Gasteiger partial charge on any atom is 0.244 e. The molecule has 0 saturated heterocycles. The van der Waals surface area contributed by atoms with E-state index >= 15 is 0 Å². The second-order valence-corrected chi connectivity index (χ2v) is 10.3. The minimum atomic E-state index is -3.85. The summed E-state index contributed by atoms with van der Waals surface area (Å²) in [4.78, 5) is 13.1. The van der Waals surface area contributed by atoms with Gasteiger partial charge < -0.3 is 0 Å². The van der Waals surface area contributed by atoms with Gasteiger partial charge in [0, 0.05) is 5.56 Å². The SMILES string of the molecule is CCC(C)C(NS(=O)(=O)c1ccc(C)cc1)C(=O)Nc1nnc(-c2ccc(C)cc2)s1. The Labute approximate surface area is 187 Å². The Balaban J connectivity index is 1.77. The molecule has 2 N–H and O–H groups in total. The van der Waals surface area contributed by atoms with E-state index in [1.807, 2.05) is 52.0 Å². The fourth-order valence-electron chi connectivity index (χ4n) is 2.89.